The maximum Gasteiger partial charge on any atom is 0.251 e. The zero-order valence-electron chi connectivity index (χ0n) is 10.5. The van der Waals surface area contributed by atoms with Gasteiger partial charge in [0.15, 0.2) is 0 Å². The van der Waals surface area contributed by atoms with Crippen LogP contribution in [0.15, 0.2) is 18.2 Å². The second-order valence-electron chi connectivity index (χ2n) is 4.43. The van der Waals surface area contributed by atoms with Crippen LogP contribution in [0, 0.1) is 12.7 Å². The zero-order chi connectivity index (χ0) is 13.9. The summed E-state index contributed by atoms with van der Waals surface area (Å²) in [4.78, 5) is 11.8. The number of carbonyl (C=O) groups excluding carboxylic acids is 1. The number of rotatable bonds is 4. The highest BCUT2D eigenvalue weighted by Crippen LogP contribution is 2.10. The Morgan fingerprint density at radius 2 is 2.06 bits per heavy atom. The van der Waals surface area contributed by atoms with Gasteiger partial charge in [0.1, 0.15) is 15.7 Å². The van der Waals surface area contributed by atoms with Crippen LogP contribution in [-0.2, 0) is 9.84 Å². The van der Waals surface area contributed by atoms with Gasteiger partial charge < -0.3 is 5.32 Å². The minimum atomic E-state index is -3.14. The third-order valence-corrected chi connectivity index (χ3v) is 3.47. The monoisotopic (exact) mass is 273 g/mol. The Labute approximate surface area is 106 Å². The van der Waals surface area contributed by atoms with E-state index in [4.69, 9.17) is 0 Å². The van der Waals surface area contributed by atoms with E-state index in [0.717, 1.165) is 6.26 Å². The van der Waals surface area contributed by atoms with Crippen molar-refractivity contribution in [2.24, 2.45) is 0 Å². The number of hydrogen-bond acceptors (Lipinski definition) is 3. The Bertz CT molecular complexity index is 554. The fourth-order valence-corrected chi connectivity index (χ4v) is 2.67. The lowest BCUT2D eigenvalue weighted by atomic mass is 10.1. The first kappa shape index (κ1) is 14.6. The van der Waals surface area contributed by atoms with Crippen molar-refractivity contribution in [1.29, 1.82) is 0 Å². The molecule has 1 atom stereocenters. The summed E-state index contributed by atoms with van der Waals surface area (Å²) in [5.74, 6) is -0.934. The van der Waals surface area contributed by atoms with Crippen LogP contribution >= 0.6 is 0 Å². The van der Waals surface area contributed by atoms with Gasteiger partial charge in [0.25, 0.3) is 5.91 Å². The minimum absolute atomic E-state index is 0.126. The Kier molecular flexibility index (Phi) is 4.45. The van der Waals surface area contributed by atoms with Gasteiger partial charge in [0.05, 0.1) is 5.75 Å². The van der Waals surface area contributed by atoms with E-state index >= 15 is 0 Å². The van der Waals surface area contributed by atoms with Crippen LogP contribution in [0.1, 0.15) is 22.8 Å². The Morgan fingerprint density at radius 3 is 2.56 bits per heavy atom. The molecule has 0 aliphatic carbocycles. The molecule has 0 saturated carbocycles. The van der Waals surface area contributed by atoms with E-state index < -0.39 is 27.6 Å². The van der Waals surface area contributed by atoms with Crippen molar-refractivity contribution in [3.63, 3.8) is 0 Å². The molecule has 1 aromatic carbocycles. The van der Waals surface area contributed by atoms with Crippen LogP contribution in [0.3, 0.4) is 0 Å². The molecule has 0 heterocycles. The summed E-state index contributed by atoms with van der Waals surface area (Å²) in [6.45, 7) is 3.23. The van der Waals surface area contributed by atoms with Crippen LogP contribution < -0.4 is 5.32 Å². The number of nitrogens with one attached hydrogen (secondary N) is 1. The van der Waals surface area contributed by atoms with Gasteiger partial charge in [-0.2, -0.15) is 0 Å². The van der Waals surface area contributed by atoms with E-state index in [9.17, 15) is 17.6 Å². The Balaban J connectivity index is 2.77. The molecule has 18 heavy (non-hydrogen) atoms. The van der Waals surface area contributed by atoms with E-state index in [1.165, 1.54) is 18.2 Å². The van der Waals surface area contributed by atoms with Gasteiger partial charge in [-0.3, -0.25) is 4.79 Å². The molecule has 0 radical (unpaired) electrons. The quantitative estimate of drug-likeness (QED) is 0.899. The second-order valence-corrected chi connectivity index (χ2v) is 6.61. The number of hydrogen-bond donors (Lipinski definition) is 1. The van der Waals surface area contributed by atoms with E-state index in [1.54, 1.807) is 13.8 Å². The van der Waals surface area contributed by atoms with Gasteiger partial charge in [0.2, 0.25) is 0 Å². The average molecular weight is 273 g/mol. The molecule has 0 fully saturated rings. The van der Waals surface area contributed by atoms with E-state index in [1.807, 2.05) is 0 Å². The maximum atomic E-state index is 12.9. The van der Waals surface area contributed by atoms with Crippen molar-refractivity contribution in [1.82, 2.24) is 5.32 Å². The molecule has 0 bridgehead atoms. The van der Waals surface area contributed by atoms with E-state index in [2.05, 4.69) is 5.32 Å². The van der Waals surface area contributed by atoms with Crippen LogP contribution in [0.5, 0.6) is 0 Å². The summed E-state index contributed by atoms with van der Waals surface area (Å²) in [7, 11) is -3.14. The predicted octanol–water partition coefficient (Wildman–Crippen LogP) is 1.30. The topological polar surface area (TPSA) is 63.2 Å². The lowest BCUT2D eigenvalue weighted by Gasteiger charge is -2.13. The summed E-state index contributed by atoms with van der Waals surface area (Å²) in [6, 6.07) is 3.35. The molecule has 1 aromatic rings. The first-order chi connectivity index (χ1) is 8.19. The van der Waals surface area contributed by atoms with Gasteiger partial charge in [-0.25, -0.2) is 12.8 Å². The number of aryl methyl sites for hydroxylation is 1. The third kappa shape index (κ3) is 4.44. The maximum absolute atomic E-state index is 12.9. The minimum Gasteiger partial charge on any atom is -0.349 e. The summed E-state index contributed by atoms with van der Waals surface area (Å²) in [5, 5.41) is 2.57. The van der Waals surface area contributed by atoms with Gasteiger partial charge >= 0.3 is 0 Å². The third-order valence-electron chi connectivity index (χ3n) is 2.36. The lowest BCUT2D eigenvalue weighted by Crippen LogP contribution is -2.37. The highest BCUT2D eigenvalue weighted by atomic mass is 32.2. The molecule has 1 amide bonds. The van der Waals surface area contributed by atoms with Crippen molar-refractivity contribution in [2.75, 3.05) is 12.0 Å². The van der Waals surface area contributed by atoms with Crippen LogP contribution in [-0.4, -0.2) is 32.4 Å². The van der Waals surface area contributed by atoms with E-state index in [-0.39, 0.29) is 5.75 Å². The van der Waals surface area contributed by atoms with Crippen LogP contribution in [0.25, 0.3) is 0 Å². The van der Waals surface area contributed by atoms with Crippen molar-refractivity contribution in [2.45, 2.75) is 19.9 Å². The molecule has 1 N–H and O–H groups in total. The van der Waals surface area contributed by atoms with Crippen molar-refractivity contribution in [3.05, 3.63) is 35.1 Å². The summed E-state index contributed by atoms with van der Waals surface area (Å²) < 4.78 is 35.0. The number of carbonyl (C=O) groups is 1. The van der Waals surface area contributed by atoms with Gasteiger partial charge in [-0.05, 0) is 37.6 Å². The van der Waals surface area contributed by atoms with E-state index in [0.29, 0.717) is 11.1 Å². The molecule has 6 heteroatoms. The molecule has 100 valence electrons. The number of sulfone groups is 1. The largest absolute Gasteiger partial charge is 0.349 e. The summed E-state index contributed by atoms with van der Waals surface area (Å²) >= 11 is 0. The number of halogens is 1. The molecular weight excluding hydrogens is 257 g/mol. The van der Waals surface area contributed by atoms with Crippen molar-refractivity contribution in [3.8, 4) is 0 Å². The lowest BCUT2D eigenvalue weighted by molar-refractivity contribution is 0.0943. The highest BCUT2D eigenvalue weighted by molar-refractivity contribution is 7.90. The smallest absolute Gasteiger partial charge is 0.251 e. The molecule has 0 aliphatic heterocycles. The van der Waals surface area contributed by atoms with Crippen molar-refractivity contribution >= 4 is 15.7 Å². The zero-order valence-corrected chi connectivity index (χ0v) is 11.3. The standard InChI is InChI=1S/C12H16FNO3S/c1-8-6-10(13)4-5-11(8)12(15)14-9(2)7-18(3,16)17/h4-6,9H,7H2,1-3H3,(H,14,15). The molecule has 4 nitrogen and oxygen atoms in total. The Hall–Kier alpha value is -1.43. The Morgan fingerprint density at radius 1 is 1.44 bits per heavy atom. The second kappa shape index (κ2) is 5.48. The molecule has 0 saturated heterocycles. The molecule has 1 unspecified atom stereocenters. The van der Waals surface area contributed by atoms with Crippen LogP contribution in [0.4, 0.5) is 4.39 Å². The van der Waals surface area contributed by atoms with Gasteiger partial charge in [0, 0.05) is 17.9 Å². The summed E-state index contributed by atoms with van der Waals surface area (Å²) in [6.07, 6.45) is 1.11. The number of amides is 1. The average Bonchev–Trinajstić information content (AvgIpc) is 2.13. The molecule has 0 spiro atoms. The molecule has 1 rings (SSSR count). The summed E-state index contributed by atoms with van der Waals surface area (Å²) in [5.41, 5.74) is 0.857. The first-order valence-corrected chi connectivity index (χ1v) is 7.50. The molecule has 0 aliphatic rings. The van der Waals surface area contributed by atoms with Gasteiger partial charge in [-0.15, -0.1) is 0 Å². The SMILES string of the molecule is Cc1cc(F)ccc1C(=O)NC(C)CS(C)(=O)=O. The fourth-order valence-electron chi connectivity index (χ4n) is 1.68. The predicted molar refractivity (Wildman–Crippen MR) is 67.8 cm³/mol. The van der Waals surface area contributed by atoms with Crippen LogP contribution in [0.2, 0.25) is 0 Å². The fraction of sp³-hybridized carbons (Fsp3) is 0.417. The molecular formula is C12H16FNO3S. The van der Waals surface area contributed by atoms with Crippen molar-refractivity contribution < 1.29 is 17.6 Å². The highest BCUT2D eigenvalue weighted by Gasteiger charge is 2.15. The number of benzene rings is 1. The normalized spacial score (nSPS) is 13.1. The first-order valence-electron chi connectivity index (χ1n) is 5.44. The van der Waals surface area contributed by atoms with Gasteiger partial charge in [-0.1, -0.05) is 0 Å². The molecule has 0 aromatic heterocycles.